The lowest BCUT2D eigenvalue weighted by Crippen LogP contribution is -2.13. The Balaban J connectivity index is 1.40. The zero-order chi connectivity index (χ0) is 24.7. The second-order valence-corrected chi connectivity index (χ2v) is 10.7. The molecule has 192 valence electrons. The molecule has 2 aromatic carbocycles. The van der Waals surface area contributed by atoms with E-state index >= 15 is 0 Å². The Morgan fingerprint density at radius 1 is 0.686 bits per heavy atom. The summed E-state index contributed by atoms with van der Waals surface area (Å²) in [5, 5.41) is 0. The summed E-state index contributed by atoms with van der Waals surface area (Å²) in [6.07, 6.45) is 20.3. The van der Waals surface area contributed by atoms with Crippen molar-refractivity contribution in [2.75, 3.05) is 0 Å². The number of benzene rings is 2. The van der Waals surface area contributed by atoms with Crippen LogP contribution in [-0.2, 0) is 4.79 Å². The van der Waals surface area contributed by atoms with E-state index < -0.39 is 0 Å². The molecule has 0 spiro atoms. The Bertz CT molecular complexity index is 828. The Kier molecular flexibility index (Phi) is 12.4. The van der Waals surface area contributed by atoms with E-state index in [9.17, 15) is 4.79 Å². The van der Waals surface area contributed by atoms with E-state index in [1.165, 1.54) is 100 Å². The second-order valence-electron chi connectivity index (χ2n) is 10.7. The SMILES string of the molecule is CCCCCCCCC1CCC(c2ccc(-c3ccc(OC(=O)CCCCCC)cc3)cc2)CC1. The summed E-state index contributed by atoms with van der Waals surface area (Å²) in [4.78, 5) is 12.0. The molecule has 2 heteroatoms. The van der Waals surface area contributed by atoms with Gasteiger partial charge in [0.15, 0.2) is 0 Å². The van der Waals surface area contributed by atoms with Gasteiger partial charge in [0.25, 0.3) is 0 Å². The summed E-state index contributed by atoms with van der Waals surface area (Å²) in [7, 11) is 0. The highest BCUT2D eigenvalue weighted by Crippen LogP contribution is 2.38. The third kappa shape index (κ3) is 9.82. The van der Waals surface area contributed by atoms with Crippen molar-refractivity contribution < 1.29 is 9.53 Å². The number of ether oxygens (including phenoxy) is 1. The van der Waals surface area contributed by atoms with E-state index in [1.54, 1.807) is 0 Å². The highest BCUT2D eigenvalue weighted by atomic mass is 16.5. The lowest BCUT2D eigenvalue weighted by atomic mass is 9.77. The molecule has 1 aliphatic carbocycles. The van der Waals surface area contributed by atoms with Crippen LogP contribution >= 0.6 is 0 Å². The average molecular weight is 477 g/mol. The molecule has 0 unspecified atom stereocenters. The minimum atomic E-state index is -0.125. The maximum Gasteiger partial charge on any atom is 0.311 e. The number of hydrogen-bond acceptors (Lipinski definition) is 2. The summed E-state index contributed by atoms with van der Waals surface area (Å²) in [6.45, 7) is 4.47. The van der Waals surface area contributed by atoms with Gasteiger partial charge in [-0.2, -0.15) is 0 Å². The van der Waals surface area contributed by atoms with Gasteiger partial charge in [-0.05, 0) is 72.8 Å². The molecule has 0 radical (unpaired) electrons. The zero-order valence-corrected chi connectivity index (χ0v) is 22.4. The van der Waals surface area contributed by atoms with E-state index in [4.69, 9.17) is 4.74 Å². The van der Waals surface area contributed by atoms with Crippen LogP contribution in [0.2, 0.25) is 0 Å². The van der Waals surface area contributed by atoms with Gasteiger partial charge in [-0.3, -0.25) is 4.79 Å². The number of carbonyl (C=O) groups excluding carboxylic acids is 1. The Labute approximate surface area is 214 Å². The third-order valence-corrected chi connectivity index (χ3v) is 7.85. The van der Waals surface area contributed by atoms with Crippen molar-refractivity contribution in [1.29, 1.82) is 0 Å². The third-order valence-electron chi connectivity index (χ3n) is 7.85. The molecule has 1 saturated carbocycles. The molecule has 0 N–H and O–H groups in total. The Morgan fingerprint density at radius 3 is 1.86 bits per heavy atom. The molecule has 2 nitrogen and oxygen atoms in total. The van der Waals surface area contributed by atoms with Crippen LogP contribution in [0, 0.1) is 5.92 Å². The first-order chi connectivity index (χ1) is 17.2. The van der Waals surface area contributed by atoms with Crippen molar-refractivity contribution >= 4 is 5.97 Å². The van der Waals surface area contributed by atoms with Crippen LogP contribution in [0.5, 0.6) is 5.75 Å². The Morgan fingerprint density at radius 2 is 1.23 bits per heavy atom. The maximum atomic E-state index is 12.0. The number of esters is 1. The van der Waals surface area contributed by atoms with E-state index in [-0.39, 0.29) is 5.97 Å². The topological polar surface area (TPSA) is 26.3 Å². The molecule has 0 atom stereocenters. The van der Waals surface area contributed by atoms with E-state index in [0.717, 1.165) is 24.7 Å². The first-order valence-electron chi connectivity index (χ1n) is 14.6. The molecule has 2 aromatic rings. The number of carbonyl (C=O) groups is 1. The predicted molar refractivity (Wildman–Crippen MR) is 149 cm³/mol. The van der Waals surface area contributed by atoms with Gasteiger partial charge in [-0.25, -0.2) is 0 Å². The van der Waals surface area contributed by atoms with Crippen molar-refractivity contribution in [3.8, 4) is 16.9 Å². The van der Waals surface area contributed by atoms with Gasteiger partial charge < -0.3 is 4.74 Å². The van der Waals surface area contributed by atoms with Crippen LogP contribution < -0.4 is 4.74 Å². The van der Waals surface area contributed by atoms with Crippen LogP contribution in [0.4, 0.5) is 0 Å². The van der Waals surface area contributed by atoms with Gasteiger partial charge in [0.1, 0.15) is 5.75 Å². The number of hydrogen-bond donors (Lipinski definition) is 0. The molecule has 0 aliphatic heterocycles. The van der Waals surface area contributed by atoms with Crippen molar-refractivity contribution in [2.45, 2.75) is 122 Å². The maximum absolute atomic E-state index is 12.0. The van der Waals surface area contributed by atoms with Gasteiger partial charge in [0.05, 0.1) is 0 Å². The fourth-order valence-electron chi connectivity index (χ4n) is 5.54. The summed E-state index contributed by atoms with van der Waals surface area (Å²) in [5.41, 5.74) is 3.89. The molecule has 0 saturated heterocycles. The summed E-state index contributed by atoms with van der Waals surface area (Å²) in [6, 6.07) is 17.1. The molecule has 35 heavy (non-hydrogen) atoms. The van der Waals surface area contributed by atoms with Crippen molar-refractivity contribution in [1.82, 2.24) is 0 Å². The molecular weight excluding hydrogens is 428 g/mol. The molecule has 3 rings (SSSR count). The van der Waals surface area contributed by atoms with Gasteiger partial charge in [-0.15, -0.1) is 0 Å². The van der Waals surface area contributed by atoms with Gasteiger partial charge in [-0.1, -0.05) is 114 Å². The summed E-state index contributed by atoms with van der Waals surface area (Å²) < 4.78 is 5.50. The fourth-order valence-corrected chi connectivity index (χ4v) is 5.54. The van der Waals surface area contributed by atoms with Crippen LogP contribution in [0.1, 0.15) is 128 Å². The lowest BCUT2D eigenvalue weighted by molar-refractivity contribution is -0.134. The second kappa shape index (κ2) is 15.8. The molecular formula is C33H48O2. The summed E-state index contributed by atoms with van der Waals surface area (Å²) >= 11 is 0. The van der Waals surface area contributed by atoms with Gasteiger partial charge >= 0.3 is 5.97 Å². The lowest BCUT2D eigenvalue weighted by Gasteiger charge is -2.29. The first kappa shape index (κ1) is 27.5. The molecule has 0 bridgehead atoms. The highest BCUT2D eigenvalue weighted by Gasteiger charge is 2.22. The van der Waals surface area contributed by atoms with E-state index in [1.807, 2.05) is 12.1 Å². The fraction of sp³-hybridized carbons (Fsp3) is 0.606. The highest BCUT2D eigenvalue weighted by molar-refractivity contribution is 5.73. The molecule has 0 heterocycles. The molecule has 0 amide bonds. The minimum Gasteiger partial charge on any atom is -0.427 e. The van der Waals surface area contributed by atoms with Crippen molar-refractivity contribution in [3.05, 3.63) is 54.1 Å². The van der Waals surface area contributed by atoms with Crippen LogP contribution in [0.15, 0.2) is 48.5 Å². The van der Waals surface area contributed by atoms with Crippen LogP contribution in [0.25, 0.3) is 11.1 Å². The quantitative estimate of drug-likeness (QED) is 0.145. The Hall–Kier alpha value is -2.09. The average Bonchev–Trinajstić information content (AvgIpc) is 2.90. The standard InChI is InChI=1S/C33H48O2/c1-3-5-7-9-10-11-13-27-15-17-28(18-16-27)29-19-21-30(22-20-29)31-23-25-32(26-24-31)35-33(34)14-12-8-6-4-2/h19-28H,3-18H2,1-2H3. The smallest absolute Gasteiger partial charge is 0.311 e. The zero-order valence-electron chi connectivity index (χ0n) is 22.4. The number of rotatable bonds is 15. The largest absolute Gasteiger partial charge is 0.427 e. The summed E-state index contributed by atoms with van der Waals surface area (Å²) in [5.74, 6) is 2.20. The first-order valence-corrected chi connectivity index (χ1v) is 14.6. The van der Waals surface area contributed by atoms with Crippen molar-refractivity contribution in [3.63, 3.8) is 0 Å². The minimum absolute atomic E-state index is 0.125. The monoisotopic (exact) mass is 476 g/mol. The molecule has 1 fully saturated rings. The van der Waals surface area contributed by atoms with Gasteiger partial charge in [0.2, 0.25) is 0 Å². The van der Waals surface area contributed by atoms with Crippen molar-refractivity contribution in [2.24, 2.45) is 5.92 Å². The predicted octanol–water partition coefficient (Wildman–Crippen LogP) is 10.3. The molecule has 1 aliphatic rings. The van der Waals surface area contributed by atoms with Gasteiger partial charge in [0, 0.05) is 6.42 Å². The van der Waals surface area contributed by atoms with E-state index in [0.29, 0.717) is 12.2 Å². The van der Waals surface area contributed by atoms with Crippen LogP contribution in [0.3, 0.4) is 0 Å². The normalized spacial score (nSPS) is 17.9. The molecule has 0 aromatic heterocycles. The van der Waals surface area contributed by atoms with E-state index in [2.05, 4.69) is 50.2 Å². The van der Waals surface area contributed by atoms with Crippen LogP contribution in [-0.4, -0.2) is 5.97 Å². The number of unbranched alkanes of at least 4 members (excludes halogenated alkanes) is 8.